The van der Waals surface area contributed by atoms with Crippen LogP contribution in [-0.2, 0) is 10.6 Å². The molecule has 0 amide bonds. The van der Waals surface area contributed by atoms with Gasteiger partial charge in [-0.15, -0.1) is 0 Å². The van der Waals surface area contributed by atoms with Crippen molar-refractivity contribution in [2.24, 2.45) is 5.92 Å². The summed E-state index contributed by atoms with van der Waals surface area (Å²) < 4.78 is 17.7. The summed E-state index contributed by atoms with van der Waals surface area (Å²) >= 11 is 0. The van der Waals surface area contributed by atoms with E-state index in [1.54, 1.807) is 0 Å². The highest BCUT2D eigenvalue weighted by atomic mass is 32.2. The predicted octanol–water partition coefficient (Wildman–Crippen LogP) is 2.10. The van der Waals surface area contributed by atoms with Gasteiger partial charge in [0.05, 0.1) is 10.6 Å². The van der Waals surface area contributed by atoms with Gasteiger partial charge in [-0.1, -0.05) is 19.1 Å². The van der Waals surface area contributed by atoms with Gasteiger partial charge in [-0.3, -0.25) is 4.78 Å². The molecule has 2 nitrogen and oxygen atoms in total. The van der Waals surface area contributed by atoms with E-state index in [4.69, 9.17) is 4.78 Å². The lowest BCUT2D eigenvalue weighted by molar-refractivity contribution is 0.631. The zero-order chi connectivity index (χ0) is 8.27. The second kappa shape index (κ2) is 3.72. The van der Waals surface area contributed by atoms with Crippen molar-refractivity contribution in [2.45, 2.75) is 19.8 Å². The Morgan fingerprint density at radius 1 is 1.82 bits per heavy atom. The molecule has 0 saturated heterocycles. The van der Waals surface area contributed by atoms with Crippen LogP contribution in [-0.4, -0.2) is 4.21 Å². The minimum Gasteiger partial charge on any atom is -0.251 e. The molecule has 0 aromatic carbocycles. The first-order valence-corrected chi connectivity index (χ1v) is 5.07. The Hall–Kier alpha value is -0.570. The lowest BCUT2D eigenvalue weighted by atomic mass is 9.98. The molecule has 1 N–H and O–H groups in total. The first-order chi connectivity index (χ1) is 5.24. The number of nitrogens with one attached hydrogen (secondary N) is 1. The third kappa shape index (κ3) is 2.19. The number of hydrogen-bond donors (Lipinski definition) is 2. The van der Waals surface area contributed by atoms with E-state index < -0.39 is 10.6 Å². The highest BCUT2D eigenvalue weighted by molar-refractivity contribution is 7.78. The zero-order valence-electron chi connectivity index (χ0n) is 6.58. The lowest BCUT2D eigenvalue weighted by Crippen LogP contribution is -1.97. The minimum atomic E-state index is -1.87. The molecule has 2 unspecified atom stereocenters. The van der Waals surface area contributed by atoms with Gasteiger partial charge < -0.3 is 0 Å². The largest absolute Gasteiger partial charge is 0.251 e. The van der Waals surface area contributed by atoms with E-state index >= 15 is 0 Å². The van der Waals surface area contributed by atoms with Crippen LogP contribution in [0.4, 0.5) is 0 Å². The van der Waals surface area contributed by atoms with E-state index in [0.717, 1.165) is 12.8 Å². The van der Waals surface area contributed by atoms with Gasteiger partial charge in [-0.05, 0) is 24.8 Å². The van der Waals surface area contributed by atoms with Crippen LogP contribution in [0.25, 0.3) is 0 Å². The van der Waals surface area contributed by atoms with Gasteiger partial charge in [0.1, 0.15) is 0 Å². The van der Waals surface area contributed by atoms with Crippen LogP contribution in [0.5, 0.6) is 0 Å². The van der Waals surface area contributed by atoms with Gasteiger partial charge in [0.25, 0.3) is 0 Å². The molecule has 0 aliphatic heterocycles. The fourth-order valence-electron chi connectivity index (χ4n) is 1.11. The van der Waals surface area contributed by atoms with E-state index in [1.165, 1.54) is 0 Å². The second-order valence-corrected chi connectivity index (χ2v) is 3.79. The average Bonchev–Trinajstić information content (AvgIpc) is 2.05. The van der Waals surface area contributed by atoms with Crippen LogP contribution >= 0.6 is 0 Å². The molecule has 0 aromatic heterocycles. The molecule has 1 aliphatic carbocycles. The molecular formula is C8H13NOS. The molecule has 62 valence electrons. The van der Waals surface area contributed by atoms with Crippen LogP contribution < -0.4 is 0 Å². The Kier molecular flexibility index (Phi) is 2.88. The summed E-state index contributed by atoms with van der Waals surface area (Å²) in [5.41, 5.74) is 0. The topological polar surface area (TPSA) is 40.9 Å². The molecule has 1 rings (SSSR count). The van der Waals surface area contributed by atoms with Crippen molar-refractivity contribution in [1.82, 2.24) is 0 Å². The number of thiol groups is 1. The summed E-state index contributed by atoms with van der Waals surface area (Å²) in [6, 6.07) is 0. The second-order valence-electron chi connectivity index (χ2n) is 2.69. The maximum absolute atomic E-state index is 10.7. The highest BCUT2D eigenvalue weighted by Gasteiger charge is 2.05. The summed E-state index contributed by atoms with van der Waals surface area (Å²) in [5, 5.41) is 0. The summed E-state index contributed by atoms with van der Waals surface area (Å²) in [7, 11) is -1.87. The van der Waals surface area contributed by atoms with Crippen molar-refractivity contribution in [3.63, 3.8) is 0 Å². The van der Waals surface area contributed by atoms with Crippen molar-refractivity contribution < 1.29 is 4.21 Å². The zero-order valence-corrected chi connectivity index (χ0v) is 7.47. The Bertz CT molecular complexity index is 255. The smallest absolute Gasteiger partial charge is 0.0612 e. The Labute approximate surface area is 69.0 Å². The average molecular weight is 171 g/mol. The van der Waals surface area contributed by atoms with Crippen molar-refractivity contribution in [2.75, 3.05) is 0 Å². The quantitative estimate of drug-likeness (QED) is 0.614. The Morgan fingerprint density at radius 3 is 2.91 bits per heavy atom. The molecule has 0 radical (unpaired) electrons. The molecule has 0 aromatic rings. The van der Waals surface area contributed by atoms with Gasteiger partial charge >= 0.3 is 0 Å². The van der Waals surface area contributed by atoms with Gasteiger partial charge in [-0.25, -0.2) is 4.21 Å². The highest BCUT2D eigenvalue weighted by Crippen LogP contribution is 2.18. The Morgan fingerprint density at radius 2 is 2.55 bits per heavy atom. The minimum absolute atomic E-state index is 0.591. The van der Waals surface area contributed by atoms with Crippen molar-refractivity contribution in [1.29, 1.82) is 4.78 Å². The molecular weight excluding hydrogens is 158 g/mol. The molecule has 2 atom stereocenters. The molecule has 0 bridgehead atoms. The van der Waals surface area contributed by atoms with Gasteiger partial charge in [0.2, 0.25) is 0 Å². The first-order valence-electron chi connectivity index (χ1n) is 3.81. The van der Waals surface area contributed by atoms with Crippen molar-refractivity contribution >= 4 is 10.6 Å². The number of hydrogen-bond acceptors (Lipinski definition) is 2. The molecule has 0 spiro atoms. The summed E-state index contributed by atoms with van der Waals surface area (Å²) in [6.07, 6.45) is 7.86. The van der Waals surface area contributed by atoms with E-state index in [1.807, 2.05) is 12.2 Å². The van der Waals surface area contributed by atoms with Gasteiger partial charge in [-0.2, -0.15) is 0 Å². The van der Waals surface area contributed by atoms with Gasteiger partial charge in [0.15, 0.2) is 0 Å². The fraction of sp³-hybridized carbons (Fsp3) is 0.500. The molecule has 11 heavy (non-hydrogen) atoms. The summed E-state index contributed by atoms with van der Waals surface area (Å²) in [5.74, 6) is 0.591. The SMILES string of the molecule is CCC1C=CC([SH](=N)=O)=CC1. The van der Waals surface area contributed by atoms with Crippen LogP contribution in [0.1, 0.15) is 19.8 Å². The summed E-state index contributed by atoms with van der Waals surface area (Å²) in [4.78, 5) is 0.685. The molecule has 1 aliphatic rings. The molecule has 0 saturated carbocycles. The standard InChI is InChI=1S/C8H13NOS/c1-2-7-3-5-8(6-4-7)11(9)10/h3,5-7,9,11H,2,4H2,1H3. The van der Waals surface area contributed by atoms with Crippen LogP contribution in [0.15, 0.2) is 23.1 Å². The fourth-order valence-corrected chi connectivity index (χ4v) is 1.60. The number of allylic oxidation sites excluding steroid dienone is 3. The number of rotatable bonds is 2. The summed E-state index contributed by atoms with van der Waals surface area (Å²) in [6.45, 7) is 2.13. The van der Waals surface area contributed by atoms with E-state index in [-0.39, 0.29) is 0 Å². The van der Waals surface area contributed by atoms with Gasteiger partial charge in [0, 0.05) is 4.91 Å². The van der Waals surface area contributed by atoms with E-state index in [9.17, 15) is 4.21 Å². The van der Waals surface area contributed by atoms with Crippen LogP contribution in [0, 0.1) is 10.7 Å². The van der Waals surface area contributed by atoms with Crippen LogP contribution in [0.2, 0.25) is 0 Å². The molecule has 3 heteroatoms. The maximum atomic E-state index is 10.7. The molecule has 0 fully saturated rings. The predicted molar refractivity (Wildman–Crippen MR) is 47.9 cm³/mol. The molecule has 0 heterocycles. The van der Waals surface area contributed by atoms with Crippen LogP contribution in [0.3, 0.4) is 0 Å². The Balaban J connectivity index is 2.67. The van der Waals surface area contributed by atoms with Crippen molar-refractivity contribution in [3.8, 4) is 0 Å². The lowest BCUT2D eigenvalue weighted by Gasteiger charge is -2.10. The van der Waals surface area contributed by atoms with E-state index in [0.29, 0.717) is 10.8 Å². The van der Waals surface area contributed by atoms with E-state index in [2.05, 4.69) is 13.0 Å². The third-order valence-electron chi connectivity index (χ3n) is 1.93. The van der Waals surface area contributed by atoms with Crippen molar-refractivity contribution in [3.05, 3.63) is 23.1 Å². The third-order valence-corrected chi connectivity index (χ3v) is 2.73. The first kappa shape index (κ1) is 8.53. The normalized spacial score (nSPS) is 26.3. The maximum Gasteiger partial charge on any atom is 0.0612 e. The monoisotopic (exact) mass is 171 g/mol.